The van der Waals surface area contributed by atoms with Gasteiger partial charge in [0.2, 0.25) is 5.95 Å². The number of hydrogen-bond acceptors (Lipinski definition) is 6. The lowest BCUT2D eigenvalue weighted by molar-refractivity contribution is 0.161. The Bertz CT molecular complexity index is 1050. The SMILES string of the molecule is Fc1ccc2c(c1CNc1ncc(C3=CCOCC3)c3nncn13)CCO2. The molecule has 0 spiro atoms. The highest BCUT2D eigenvalue weighted by molar-refractivity contribution is 5.76. The Morgan fingerprint density at radius 1 is 1.22 bits per heavy atom. The van der Waals surface area contributed by atoms with Crippen molar-refractivity contribution in [3.8, 4) is 5.75 Å². The van der Waals surface area contributed by atoms with Crippen molar-refractivity contribution in [3.05, 3.63) is 53.2 Å². The van der Waals surface area contributed by atoms with E-state index in [-0.39, 0.29) is 5.82 Å². The number of nitrogens with one attached hydrogen (secondary N) is 1. The average Bonchev–Trinajstić information content (AvgIpc) is 3.37. The molecule has 0 radical (unpaired) electrons. The first-order valence-corrected chi connectivity index (χ1v) is 8.94. The molecule has 0 saturated carbocycles. The van der Waals surface area contributed by atoms with E-state index in [1.807, 2.05) is 6.08 Å². The van der Waals surface area contributed by atoms with Crippen molar-refractivity contribution in [2.75, 3.05) is 25.1 Å². The van der Waals surface area contributed by atoms with E-state index in [2.05, 4.69) is 20.5 Å². The number of rotatable bonds is 4. The summed E-state index contributed by atoms with van der Waals surface area (Å²) in [6, 6.07) is 3.14. The van der Waals surface area contributed by atoms with Crippen molar-refractivity contribution in [1.29, 1.82) is 0 Å². The van der Waals surface area contributed by atoms with Gasteiger partial charge in [0.15, 0.2) is 5.65 Å². The fourth-order valence-corrected chi connectivity index (χ4v) is 3.62. The lowest BCUT2D eigenvalue weighted by Gasteiger charge is -2.15. The number of halogens is 1. The number of benzene rings is 1. The summed E-state index contributed by atoms with van der Waals surface area (Å²) in [4.78, 5) is 4.53. The van der Waals surface area contributed by atoms with Gasteiger partial charge in [-0.1, -0.05) is 6.08 Å². The molecule has 0 saturated heterocycles. The highest BCUT2D eigenvalue weighted by Crippen LogP contribution is 2.31. The van der Waals surface area contributed by atoms with Crippen LogP contribution >= 0.6 is 0 Å². The Kier molecular flexibility index (Phi) is 3.97. The summed E-state index contributed by atoms with van der Waals surface area (Å²) < 4.78 is 27.0. The summed E-state index contributed by atoms with van der Waals surface area (Å²) in [6.45, 7) is 2.18. The van der Waals surface area contributed by atoms with Crippen LogP contribution in [0.5, 0.6) is 5.75 Å². The molecule has 27 heavy (non-hydrogen) atoms. The smallest absolute Gasteiger partial charge is 0.210 e. The van der Waals surface area contributed by atoms with Crippen LogP contribution < -0.4 is 10.1 Å². The molecule has 2 aliphatic rings. The first kappa shape index (κ1) is 16.2. The van der Waals surface area contributed by atoms with E-state index >= 15 is 0 Å². The molecule has 2 aromatic heterocycles. The number of nitrogens with zero attached hydrogens (tertiary/aromatic N) is 4. The van der Waals surface area contributed by atoms with E-state index in [4.69, 9.17) is 9.47 Å². The predicted molar refractivity (Wildman–Crippen MR) is 97.1 cm³/mol. The maximum Gasteiger partial charge on any atom is 0.210 e. The van der Waals surface area contributed by atoms with Gasteiger partial charge in [-0.3, -0.25) is 4.40 Å². The van der Waals surface area contributed by atoms with E-state index in [1.165, 1.54) is 6.07 Å². The molecule has 4 heterocycles. The van der Waals surface area contributed by atoms with Crippen molar-refractivity contribution in [2.24, 2.45) is 0 Å². The summed E-state index contributed by atoms with van der Waals surface area (Å²) in [7, 11) is 0. The summed E-state index contributed by atoms with van der Waals surface area (Å²) in [5, 5.41) is 11.5. The predicted octanol–water partition coefficient (Wildman–Crippen LogP) is 2.61. The highest BCUT2D eigenvalue weighted by Gasteiger charge is 2.20. The van der Waals surface area contributed by atoms with Crippen LogP contribution in [0.2, 0.25) is 0 Å². The van der Waals surface area contributed by atoms with Crippen LogP contribution in [0.1, 0.15) is 23.1 Å². The molecule has 5 rings (SSSR count). The molecule has 3 aromatic rings. The minimum atomic E-state index is -0.240. The molecule has 7 nitrogen and oxygen atoms in total. The lowest BCUT2D eigenvalue weighted by Crippen LogP contribution is -2.11. The van der Waals surface area contributed by atoms with Gasteiger partial charge >= 0.3 is 0 Å². The summed E-state index contributed by atoms with van der Waals surface area (Å²) >= 11 is 0. The fraction of sp³-hybridized carbons (Fsp3) is 0.316. The molecule has 0 fully saturated rings. The molecular formula is C19H18FN5O2. The van der Waals surface area contributed by atoms with Gasteiger partial charge in [-0.2, -0.15) is 0 Å². The minimum absolute atomic E-state index is 0.240. The zero-order valence-electron chi connectivity index (χ0n) is 14.6. The number of fused-ring (bicyclic) bond motifs is 2. The molecule has 8 heteroatoms. The first-order chi connectivity index (χ1) is 13.3. The molecule has 0 amide bonds. The number of hydrogen-bond donors (Lipinski definition) is 1. The number of aromatic nitrogens is 4. The Labute approximate surface area is 154 Å². The van der Waals surface area contributed by atoms with Crippen LogP contribution in [0, 0.1) is 5.82 Å². The second-order valence-electron chi connectivity index (χ2n) is 6.53. The monoisotopic (exact) mass is 367 g/mol. The van der Waals surface area contributed by atoms with Crippen molar-refractivity contribution in [2.45, 2.75) is 19.4 Å². The molecule has 0 bridgehead atoms. The van der Waals surface area contributed by atoms with Crippen LogP contribution in [0.15, 0.2) is 30.7 Å². The summed E-state index contributed by atoms with van der Waals surface area (Å²) in [5.41, 5.74) is 4.36. The maximum atomic E-state index is 14.3. The van der Waals surface area contributed by atoms with Crippen molar-refractivity contribution in [1.82, 2.24) is 19.6 Å². The van der Waals surface area contributed by atoms with Crippen molar-refractivity contribution < 1.29 is 13.9 Å². The number of anilines is 1. The van der Waals surface area contributed by atoms with Crippen LogP contribution in [0.3, 0.4) is 0 Å². The van der Waals surface area contributed by atoms with E-state index in [0.29, 0.717) is 37.9 Å². The summed E-state index contributed by atoms with van der Waals surface area (Å²) in [6.07, 6.45) is 6.99. The third-order valence-electron chi connectivity index (χ3n) is 5.01. The highest BCUT2D eigenvalue weighted by atomic mass is 19.1. The summed E-state index contributed by atoms with van der Waals surface area (Å²) in [5.74, 6) is 1.09. The van der Waals surface area contributed by atoms with E-state index in [0.717, 1.165) is 40.9 Å². The van der Waals surface area contributed by atoms with Gasteiger partial charge in [0.25, 0.3) is 0 Å². The standard InChI is InChI=1S/C19H18FN5O2/c20-16-1-2-17-13(5-8-27-17)15(16)10-22-19-21-9-14(12-3-6-26-7-4-12)18-24-23-11-25(18)19/h1-3,9,11H,4-8,10H2,(H,21,22). The van der Waals surface area contributed by atoms with E-state index in [9.17, 15) is 4.39 Å². The van der Waals surface area contributed by atoms with Gasteiger partial charge in [-0.05, 0) is 24.1 Å². The average molecular weight is 367 g/mol. The fourth-order valence-electron chi connectivity index (χ4n) is 3.62. The first-order valence-electron chi connectivity index (χ1n) is 8.94. The molecule has 2 aliphatic heterocycles. The Hall–Kier alpha value is -3.00. The third kappa shape index (κ3) is 2.82. The van der Waals surface area contributed by atoms with Crippen molar-refractivity contribution >= 4 is 17.2 Å². The van der Waals surface area contributed by atoms with E-state index < -0.39 is 0 Å². The van der Waals surface area contributed by atoms with Crippen molar-refractivity contribution in [3.63, 3.8) is 0 Å². The minimum Gasteiger partial charge on any atom is -0.493 e. The van der Waals surface area contributed by atoms with Gasteiger partial charge in [0, 0.05) is 35.9 Å². The lowest BCUT2D eigenvalue weighted by atomic mass is 10.0. The van der Waals surface area contributed by atoms with Gasteiger partial charge < -0.3 is 14.8 Å². The second kappa shape index (κ2) is 6.62. The zero-order chi connectivity index (χ0) is 18.2. The van der Waals surface area contributed by atoms with E-state index in [1.54, 1.807) is 23.0 Å². The molecule has 138 valence electrons. The Balaban J connectivity index is 1.46. The molecule has 1 N–H and O–H groups in total. The number of ether oxygens (including phenoxy) is 2. The van der Waals surface area contributed by atoms with Crippen LogP contribution in [-0.4, -0.2) is 39.4 Å². The van der Waals surface area contributed by atoms with Crippen LogP contribution in [0.4, 0.5) is 10.3 Å². The molecule has 0 unspecified atom stereocenters. The van der Waals surface area contributed by atoms with Gasteiger partial charge in [-0.15, -0.1) is 10.2 Å². The Morgan fingerprint density at radius 3 is 3.07 bits per heavy atom. The third-order valence-corrected chi connectivity index (χ3v) is 5.01. The molecule has 0 aliphatic carbocycles. The second-order valence-corrected chi connectivity index (χ2v) is 6.53. The molecule has 1 aromatic carbocycles. The molecule has 0 atom stereocenters. The van der Waals surface area contributed by atoms with Gasteiger partial charge in [0.1, 0.15) is 17.9 Å². The van der Waals surface area contributed by atoms with Gasteiger partial charge in [0.05, 0.1) is 19.8 Å². The van der Waals surface area contributed by atoms with Crippen LogP contribution in [0.25, 0.3) is 11.2 Å². The topological polar surface area (TPSA) is 73.6 Å². The maximum absolute atomic E-state index is 14.3. The quantitative estimate of drug-likeness (QED) is 0.764. The Morgan fingerprint density at radius 2 is 2.19 bits per heavy atom. The van der Waals surface area contributed by atoms with Gasteiger partial charge in [-0.25, -0.2) is 9.37 Å². The largest absolute Gasteiger partial charge is 0.493 e. The normalized spacial score (nSPS) is 16.1. The molecular weight excluding hydrogens is 349 g/mol. The van der Waals surface area contributed by atoms with Crippen LogP contribution in [-0.2, 0) is 17.7 Å². The zero-order valence-corrected chi connectivity index (χ0v) is 14.6.